The van der Waals surface area contributed by atoms with E-state index in [1.807, 2.05) is 11.9 Å². The van der Waals surface area contributed by atoms with Gasteiger partial charge in [0, 0.05) is 26.2 Å². The minimum absolute atomic E-state index is 0.0866. The van der Waals surface area contributed by atoms with Crippen LogP contribution in [0.2, 0.25) is 0 Å². The van der Waals surface area contributed by atoms with Crippen molar-refractivity contribution in [3.05, 3.63) is 0 Å². The first kappa shape index (κ1) is 16.2. The number of carbonyl (C=O) groups is 2. The molecule has 21 heavy (non-hydrogen) atoms. The van der Waals surface area contributed by atoms with Gasteiger partial charge in [-0.05, 0) is 38.6 Å². The van der Waals surface area contributed by atoms with Crippen LogP contribution in [0.1, 0.15) is 25.7 Å². The molecule has 2 aliphatic rings. The Hall–Kier alpha value is -1.14. The Balaban J connectivity index is 1.58. The van der Waals surface area contributed by atoms with Crippen LogP contribution in [0.5, 0.6) is 0 Å². The molecule has 1 aliphatic carbocycles. The molecule has 0 aromatic heterocycles. The molecule has 1 heterocycles. The third kappa shape index (κ3) is 5.63. The van der Waals surface area contributed by atoms with Gasteiger partial charge in [0.2, 0.25) is 5.91 Å². The highest BCUT2D eigenvalue weighted by atomic mass is 16.5. The van der Waals surface area contributed by atoms with E-state index in [9.17, 15) is 9.59 Å². The minimum Gasteiger partial charge on any atom is -0.481 e. The number of carboxylic acid groups (broad SMARTS) is 1. The predicted molar refractivity (Wildman–Crippen MR) is 78.0 cm³/mol. The Morgan fingerprint density at radius 2 is 1.90 bits per heavy atom. The number of piperidine rings is 1. The molecule has 0 spiro atoms. The average molecular weight is 298 g/mol. The van der Waals surface area contributed by atoms with Crippen molar-refractivity contribution in [2.45, 2.75) is 25.7 Å². The fraction of sp³-hybridized carbons (Fsp3) is 0.867. The second-order valence-electron chi connectivity index (χ2n) is 6.25. The van der Waals surface area contributed by atoms with Crippen LogP contribution in [0.15, 0.2) is 0 Å². The monoisotopic (exact) mass is 298 g/mol. The van der Waals surface area contributed by atoms with Crippen molar-refractivity contribution in [2.24, 2.45) is 11.8 Å². The molecule has 2 fully saturated rings. The fourth-order valence-electron chi connectivity index (χ4n) is 2.54. The van der Waals surface area contributed by atoms with Crippen LogP contribution in [-0.4, -0.2) is 73.2 Å². The summed E-state index contributed by atoms with van der Waals surface area (Å²) in [5, 5.41) is 8.95. The van der Waals surface area contributed by atoms with E-state index in [0.717, 1.165) is 19.1 Å². The highest BCUT2D eigenvalue weighted by Gasteiger charge is 2.27. The molecule has 1 saturated heterocycles. The highest BCUT2D eigenvalue weighted by molar-refractivity contribution is 5.78. The highest BCUT2D eigenvalue weighted by Crippen LogP contribution is 2.28. The number of hydrogen-bond donors (Lipinski definition) is 1. The molecule has 0 atom stereocenters. The summed E-state index contributed by atoms with van der Waals surface area (Å²) in [5.41, 5.74) is 0. The van der Waals surface area contributed by atoms with Gasteiger partial charge in [-0.25, -0.2) is 0 Å². The number of ether oxygens (including phenoxy) is 1. The van der Waals surface area contributed by atoms with Crippen molar-refractivity contribution in [3.63, 3.8) is 0 Å². The summed E-state index contributed by atoms with van der Waals surface area (Å²) < 4.78 is 5.56. The number of hydrogen-bond acceptors (Lipinski definition) is 4. The topological polar surface area (TPSA) is 70.1 Å². The molecule has 0 unspecified atom stereocenters. The molecule has 6 nitrogen and oxygen atoms in total. The molecule has 0 aromatic carbocycles. The van der Waals surface area contributed by atoms with E-state index in [4.69, 9.17) is 9.84 Å². The van der Waals surface area contributed by atoms with E-state index in [1.165, 1.54) is 12.8 Å². The molecule has 1 saturated carbocycles. The van der Waals surface area contributed by atoms with Crippen molar-refractivity contribution in [1.82, 2.24) is 9.80 Å². The van der Waals surface area contributed by atoms with Crippen LogP contribution < -0.4 is 0 Å². The van der Waals surface area contributed by atoms with Crippen LogP contribution in [-0.2, 0) is 14.3 Å². The number of carbonyl (C=O) groups excluding carboxylic acids is 1. The second-order valence-corrected chi connectivity index (χ2v) is 6.25. The normalized spacial score (nSPS) is 20.0. The zero-order chi connectivity index (χ0) is 15.2. The zero-order valence-electron chi connectivity index (χ0n) is 12.8. The van der Waals surface area contributed by atoms with Gasteiger partial charge < -0.3 is 14.7 Å². The molecule has 120 valence electrons. The summed E-state index contributed by atoms with van der Waals surface area (Å²) in [6, 6.07) is 0. The lowest BCUT2D eigenvalue weighted by Crippen LogP contribution is -2.44. The molecule has 2 rings (SSSR count). The van der Waals surface area contributed by atoms with E-state index in [2.05, 4.69) is 0 Å². The summed E-state index contributed by atoms with van der Waals surface area (Å²) in [4.78, 5) is 26.8. The van der Waals surface area contributed by atoms with Crippen molar-refractivity contribution < 1.29 is 19.4 Å². The van der Waals surface area contributed by atoms with Crippen LogP contribution >= 0.6 is 0 Å². The number of nitrogens with zero attached hydrogens (tertiary/aromatic N) is 2. The maximum atomic E-state index is 12.1. The molecular weight excluding hydrogens is 272 g/mol. The standard InChI is InChI=1S/C15H26N2O4/c1-16(8-9-21-11-12-2-3-12)10-14(18)17-6-4-13(5-7-17)15(19)20/h12-13H,2-11H2,1H3,(H,19,20). The van der Waals surface area contributed by atoms with Gasteiger partial charge in [0.15, 0.2) is 0 Å². The minimum atomic E-state index is -0.743. The van der Waals surface area contributed by atoms with Gasteiger partial charge in [-0.3, -0.25) is 14.5 Å². The van der Waals surface area contributed by atoms with Crippen LogP contribution in [0, 0.1) is 11.8 Å². The van der Waals surface area contributed by atoms with Crippen LogP contribution in [0.3, 0.4) is 0 Å². The van der Waals surface area contributed by atoms with Gasteiger partial charge in [-0.1, -0.05) is 0 Å². The molecule has 0 bridgehead atoms. The summed E-state index contributed by atoms with van der Waals surface area (Å²) in [6.07, 6.45) is 3.71. The molecule has 6 heteroatoms. The zero-order valence-corrected chi connectivity index (χ0v) is 12.8. The third-order valence-electron chi connectivity index (χ3n) is 4.27. The Bertz CT molecular complexity index is 363. The van der Waals surface area contributed by atoms with E-state index in [1.54, 1.807) is 4.90 Å². The molecule has 1 amide bonds. The van der Waals surface area contributed by atoms with E-state index in [0.29, 0.717) is 39.1 Å². The Morgan fingerprint density at radius 3 is 2.48 bits per heavy atom. The quantitative estimate of drug-likeness (QED) is 0.667. The summed E-state index contributed by atoms with van der Waals surface area (Å²) >= 11 is 0. The number of rotatable bonds is 8. The number of carboxylic acids is 1. The Morgan fingerprint density at radius 1 is 1.24 bits per heavy atom. The predicted octanol–water partition coefficient (Wildman–Crippen LogP) is 0.668. The molecule has 0 aromatic rings. The summed E-state index contributed by atoms with van der Waals surface area (Å²) in [7, 11) is 1.92. The van der Waals surface area contributed by atoms with Gasteiger partial charge in [0.05, 0.1) is 19.1 Å². The van der Waals surface area contributed by atoms with E-state index < -0.39 is 5.97 Å². The number of amides is 1. The van der Waals surface area contributed by atoms with Crippen LogP contribution in [0.25, 0.3) is 0 Å². The van der Waals surface area contributed by atoms with E-state index >= 15 is 0 Å². The molecule has 1 aliphatic heterocycles. The SMILES string of the molecule is CN(CCOCC1CC1)CC(=O)N1CCC(C(=O)O)CC1. The average Bonchev–Trinajstić information content (AvgIpc) is 3.28. The van der Waals surface area contributed by atoms with Crippen molar-refractivity contribution >= 4 is 11.9 Å². The van der Waals surface area contributed by atoms with E-state index in [-0.39, 0.29) is 11.8 Å². The lowest BCUT2D eigenvalue weighted by molar-refractivity contribution is -0.145. The van der Waals surface area contributed by atoms with Gasteiger partial charge in [0.25, 0.3) is 0 Å². The largest absolute Gasteiger partial charge is 0.481 e. The fourth-order valence-corrected chi connectivity index (χ4v) is 2.54. The first-order chi connectivity index (χ1) is 10.1. The van der Waals surface area contributed by atoms with Gasteiger partial charge in [0.1, 0.15) is 0 Å². The number of likely N-dealkylation sites (tertiary alicyclic amines) is 1. The van der Waals surface area contributed by atoms with Gasteiger partial charge in [-0.15, -0.1) is 0 Å². The van der Waals surface area contributed by atoms with Crippen molar-refractivity contribution in [3.8, 4) is 0 Å². The first-order valence-corrected chi connectivity index (χ1v) is 7.83. The van der Waals surface area contributed by atoms with Crippen LogP contribution in [0.4, 0.5) is 0 Å². The number of aliphatic carboxylic acids is 1. The third-order valence-corrected chi connectivity index (χ3v) is 4.27. The lowest BCUT2D eigenvalue weighted by Gasteiger charge is -2.31. The maximum Gasteiger partial charge on any atom is 0.306 e. The van der Waals surface area contributed by atoms with Crippen molar-refractivity contribution in [2.75, 3.05) is 46.4 Å². The lowest BCUT2D eigenvalue weighted by atomic mass is 9.97. The smallest absolute Gasteiger partial charge is 0.306 e. The molecule has 0 radical (unpaired) electrons. The Kier molecular flexibility index (Phi) is 5.99. The summed E-state index contributed by atoms with van der Waals surface area (Å²) in [6.45, 7) is 3.77. The number of likely N-dealkylation sites (N-methyl/N-ethyl adjacent to an activating group) is 1. The maximum absolute atomic E-state index is 12.1. The van der Waals surface area contributed by atoms with Gasteiger partial charge in [-0.2, -0.15) is 0 Å². The Labute approximate surface area is 126 Å². The molecular formula is C15H26N2O4. The second kappa shape index (κ2) is 7.75. The first-order valence-electron chi connectivity index (χ1n) is 7.83. The van der Waals surface area contributed by atoms with Crippen molar-refractivity contribution in [1.29, 1.82) is 0 Å². The summed E-state index contributed by atoms with van der Waals surface area (Å²) in [5.74, 6) is -0.175. The van der Waals surface area contributed by atoms with Gasteiger partial charge >= 0.3 is 5.97 Å². The molecule has 1 N–H and O–H groups in total.